The summed E-state index contributed by atoms with van der Waals surface area (Å²) in [6.07, 6.45) is 1.53. The molecule has 0 amide bonds. The van der Waals surface area contributed by atoms with Gasteiger partial charge in [-0.3, -0.25) is 9.59 Å². The van der Waals surface area contributed by atoms with Gasteiger partial charge in [-0.1, -0.05) is 60.7 Å². The molecule has 3 nitrogen and oxygen atoms in total. The number of methoxy groups -OCH3 is 1. The highest BCUT2D eigenvalue weighted by Gasteiger charge is 2.20. The van der Waals surface area contributed by atoms with Crippen molar-refractivity contribution >= 4 is 11.6 Å². The first-order valence-corrected chi connectivity index (χ1v) is 6.62. The van der Waals surface area contributed by atoms with Crippen molar-refractivity contribution in [3.63, 3.8) is 0 Å². The maximum absolute atomic E-state index is 12.5. The summed E-state index contributed by atoms with van der Waals surface area (Å²) in [4.78, 5) is 25.0. The van der Waals surface area contributed by atoms with Crippen LogP contribution in [-0.4, -0.2) is 25.3 Å². The molecule has 0 unspecified atom stereocenters. The minimum absolute atomic E-state index is 0.134. The molecule has 0 fully saturated rings. The van der Waals surface area contributed by atoms with Crippen LogP contribution in [0.2, 0.25) is 0 Å². The van der Waals surface area contributed by atoms with E-state index in [1.807, 2.05) is 12.1 Å². The molecule has 3 heteroatoms. The van der Waals surface area contributed by atoms with E-state index >= 15 is 0 Å². The lowest BCUT2D eigenvalue weighted by Gasteiger charge is -2.06. The van der Waals surface area contributed by atoms with Gasteiger partial charge in [0.1, 0.15) is 0 Å². The molecule has 0 spiro atoms. The van der Waals surface area contributed by atoms with Gasteiger partial charge in [0.15, 0.2) is 11.6 Å². The summed E-state index contributed by atoms with van der Waals surface area (Å²) in [5.74, 6) is -0.581. The molecule has 2 aromatic carbocycles. The van der Waals surface area contributed by atoms with Crippen molar-refractivity contribution in [2.24, 2.45) is 0 Å². The monoisotopic (exact) mass is 280 g/mol. The molecule has 0 radical (unpaired) electrons. The number of hydrogen-bond acceptors (Lipinski definition) is 3. The van der Waals surface area contributed by atoms with Crippen LogP contribution in [0.3, 0.4) is 0 Å². The van der Waals surface area contributed by atoms with Crippen LogP contribution in [-0.2, 0) is 4.74 Å². The van der Waals surface area contributed by atoms with Gasteiger partial charge in [-0.05, 0) is 6.08 Å². The average Bonchev–Trinajstić information content (AvgIpc) is 2.56. The Morgan fingerprint density at radius 3 is 1.67 bits per heavy atom. The fraction of sp³-hybridized carbons (Fsp3) is 0.111. The Bertz CT molecular complexity index is 589. The number of carbonyl (C=O) groups is 2. The number of allylic oxidation sites excluding steroid dienone is 1. The summed E-state index contributed by atoms with van der Waals surface area (Å²) in [6.45, 7) is 0.215. The predicted molar refractivity (Wildman–Crippen MR) is 81.5 cm³/mol. The number of ether oxygens (including phenoxy) is 1. The molecule has 0 aliphatic rings. The summed E-state index contributed by atoms with van der Waals surface area (Å²) in [5.41, 5.74) is 1.11. The molecular formula is C18H16O3. The Kier molecular flexibility index (Phi) is 5.18. The first kappa shape index (κ1) is 14.9. The lowest BCUT2D eigenvalue weighted by Crippen LogP contribution is -2.14. The molecular weight excluding hydrogens is 264 g/mol. The first-order valence-electron chi connectivity index (χ1n) is 6.62. The number of ketones is 2. The summed E-state index contributed by atoms with van der Waals surface area (Å²) in [6, 6.07) is 17.5. The Hall–Kier alpha value is -2.52. The molecule has 0 bridgehead atoms. The fourth-order valence-corrected chi connectivity index (χ4v) is 1.95. The molecule has 0 aliphatic carbocycles. The maximum Gasteiger partial charge on any atom is 0.196 e. The highest BCUT2D eigenvalue weighted by Crippen LogP contribution is 2.14. The minimum Gasteiger partial charge on any atom is -0.381 e. The van der Waals surface area contributed by atoms with Crippen LogP contribution in [0.1, 0.15) is 20.7 Å². The molecule has 2 rings (SSSR count). The first-order chi connectivity index (χ1) is 10.2. The van der Waals surface area contributed by atoms with Gasteiger partial charge in [0.2, 0.25) is 0 Å². The van der Waals surface area contributed by atoms with E-state index < -0.39 is 0 Å². The quantitative estimate of drug-likeness (QED) is 0.353. The van der Waals surface area contributed by atoms with Crippen molar-refractivity contribution in [2.45, 2.75) is 0 Å². The van der Waals surface area contributed by atoms with Gasteiger partial charge in [-0.2, -0.15) is 0 Å². The third-order valence-corrected chi connectivity index (χ3v) is 3.02. The molecule has 0 saturated heterocycles. The van der Waals surface area contributed by atoms with Crippen molar-refractivity contribution in [1.82, 2.24) is 0 Å². The van der Waals surface area contributed by atoms with Gasteiger partial charge < -0.3 is 4.74 Å². The molecule has 0 heterocycles. The summed E-state index contributed by atoms with van der Waals surface area (Å²) < 4.78 is 4.96. The summed E-state index contributed by atoms with van der Waals surface area (Å²) in [7, 11) is 1.52. The summed E-state index contributed by atoms with van der Waals surface area (Å²) in [5, 5.41) is 0. The SMILES string of the molecule is COCC=C(C(=O)c1ccccc1)C(=O)c1ccccc1. The van der Waals surface area contributed by atoms with Crippen LogP contribution in [0.15, 0.2) is 72.3 Å². The van der Waals surface area contributed by atoms with E-state index in [4.69, 9.17) is 4.74 Å². The average molecular weight is 280 g/mol. The Balaban J connectivity index is 2.36. The van der Waals surface area contributed by atoms with Crippen molar-refractivity contribution in [1.29, 1.82) is 0 Å². The number of Topliss-reactive ketones (excluding diaryl/α,β-unsaturated/α-hetero) is 2. The van der Waals surface area contributed by atoms with Gasteiger partial charge >= 0.3 is 0 Å². The van der Waals surface area contributed by atoms with Gasteiger partial charge in [0, 0.05) is 18.2 Å². The second kappa shape index (κ2) is 7.31. The second-order valence-electron chi connectivity index (χ2n) is 4.46. The third kappa shape index (κ3) is 3.74. The number of hydrogen-bond donors (Lipinski definition) is 0. The molecule has 0 saturated carbocycles. The molecule has 106 valence electrons. The normalized spacial score (nSPS) is 9.95. The van der Waals surface area contributed by atoms with Crippen molar-refractivity contribution in [3.05, 3.63) is 83.4 Å². The lowest BCUT2D eigenvalue weighted by molar-refractivity contribution is 0.0960. The van der Waals surface area contributed by atoms with E-state index in [0.29, 0.717) is 11.1 Å². The van der Waals surface area contributed by atoms with Crippen LogP contribution in [0.4, 0.5) is 0 Å². The highest BCUT2D eigenvalue weighted by molar-refractivity contribution is 6.30. The second-order valence-corrected chi connectivity index (χ2v) is 4.46. The van der Waals surface area contributed by atoms with E-state index in [9.17, 15) is 9.59 Å². The zero-order chi connectivity index (χ0) is 15.1. The van der Waals surface area contributed by atoms with Gasteiger partial charge in [-0.25, -0.2) is 0 Å². The molecule has 0 aromatic heterocycles. The smallest absolute Gasteiger partial charge is 0.196 e. The molecule has 2 aromatic rings. The zero-order valence-electron chi connectivity index (χ0n) is 11.8. The Labute approximate surface area is 123 Å². The Morgan fingerprint density at radius 1 is 0.857 bits per heavy atom. The van der Waals surface area contributed by atoms with Crippen LogP contribution >= 0.6 is 0 Å². The van der Waals surface area contributed by atoms with Crippen molar-refractivity contribution in [2.75, 3.05) is 13.7 Å². The molecule has 0 atom stereocenters. The van der Waals surface area contributed by atoms with E-state index in [1.165, 1.54) is 13.2 Å². The van der Waals surface area contributed by atoms with E-state index in [2.05, 4.69) is 0 Å². The molecule has 21 heavy (non-hydrogen) atoms. The predicted octanol–water partition coefficient (Wildman–Crippen LogP) is 3.33. The maximum atomic E-state index is 12.5. The number of benzene rings is 2. The lowest BCUT2D eigenvalue weighted by atomic mass is 9.95. The van der Waals surface area contributed by atoms with Gasteiger partial charge in [0.05, 0.1) is 12.2 Å². The van der Waals surface area contributed by atoms with Crippen LogP contribution in [0.25, 0.3) is 0 Å². The summed E-state index contributed by atoms with van der Waals surface area (Å²) >= 11 is 0. The zero-order valence-corrected chi connectivity index (χ0v) is 11.8. The number of carbonyl (C=O) groups excluding carboxylic acids is 2. The van der Waals surface area contributed by atoms with Crippen molar-refractivity contribution < 1.29 is 14.3 Å². The third-order valence-electron chi connectivity index (χ3n) is 3.02. The fourth-order valence-electron chi connectivity index (χ4n) is 1.95. The van der Waals surface area contributed by atoms with Gasteiger partial charge in [-0.15, -0.1) is 0 Å². The highest BCUT2D eigenvalue weighted by atomic mass is 16.5. The molecule has 0 aliphatic heterocycles. The Morgan fingerprint density at radius 2 is 1.29 bits per heavy atom. The van der Waals surface area contributed by atoms with E-state index in [-0.39, 0.29) is 23.7 Å². The topological polar surface area (TPSA) is 43.4 Å². The van der Waals surface area contributed by atoms with E-state index in [0.717, 1.165) is 0 Å². The number of rotatable bonds is 6. The van der Waals surface area contributed by atoms with Gasteiger partial charge in [0.25, 0.3) is 0 Å². The minimum atomic E-state index is -0.290. The van der Waals surface area contributed by atoms with Crippen LogP contribution < -0.4 is 0 Å². The van der Waals surface area contributed by atoms with Crippen LogP contribution in [0, 0.1) is 0 Å². The van der Waals surface area contributed by atoms with E-state index in [1.54, 1.807) is 48.5 Å². The van der Waals surface area contributed by atoms with Crippen LogP contribution in [0.5, 0.6) is 0 Å². The van der Waals surface area contributed by atoms with Crippen molar-refractivity contribution in [3.8, 4) is 0 Å². The standard InChI is InChI=1S/C18H16O3/c1-21-13-12-16(17(19)14-8-4-2-5-9-14)18(20)15-10-6-3-7-11-15/h2-12H,13H2,1H3. The molecule has 0 N–H and O–H groups in total. The largest absolute Gasteiger partial charge is 0.381 e.